The molecular formula is C19H17N5O2. The van der Waals surface area contributed by atoms with Crippen LogP contribution in [0.4, 0.5) is 17.2 Å². The maximum Gasteiger partial charge on any atom is 0.352 e. The highest BCUT2D eigenvalue weighted by Crippen LogP contribution is 2.31. The number of carbonyl (C=O) groups is 1. The minimum Gasteiger partial charge on any atom is -0.477 e. The molecule has 3 aromatic heterocycles. The number of aromatic nitrogens is 3. The van der Waals surface area contributed by atoms with Crippen molar-refractivity contribution in [1.82, 2.24) is 15.0 Å². The summed E-state index contributed by atoms with van der Waals surface area (Å²) in [4.78, 5) is 25.1. The van der Waals surface area contributed by atoms with Crippen LogP contribution in [0.25, 0.3) is 21.8 Å². The molecule has 0 bridgehead atoms. The van der Waals surface area contributed by atoms with Gasteiger partial charge in [0.1, 0.15) is 5.69 Å². The molecule has 0 amide bonds. The van der Waals surface area contributed by atoms with Crippen LogP contribution in [0.15, 0.2) is 48.8 Å². The summed E-state index contributed by atoms with van der Waals surface area (Å²) in [6.07, 6.45) is 3.36. The molecule has 0 aliphatic heterocycles. The van der Waals surface area contributed by atoms with E-state index < -0.39 is 5.97 Å². The Hall–Kier alpha value is -3.61. The molecule has 7 heteroatoms. The van der Waals surface area contributed by atoms with E-state index >= 15 is 0 Å². The van der Waals surface area contributed by atoms with Gasteiger partial charge in [-0.3, -0.25) is 4.98 Å². The Balaban J connectivity index is 1.85. The Morgan fingerprint density at radius 2 is 1.92 bits per heavy atom. The van der Waals surface area contributed by atoms with E-state index in [1.807, 2.05) is 49.3 Å². The van der Waals surface area contributed by atoms with Crippen molar-refractivity contribution in [2.24, 2.45) is 0 Å². The average Bonchev–Trinajstić information content (AvgIpc) is 3.08. The third kappa shape index (κ3) is 2.69. The number of rotatable bonds is 4. The average molecular weight is 347 g/mol. The molecule has 0 radical (unpaired) electrons. The second-order valence-corrected chi connectivity index (χ2v) is 6.20. The monoisotopic (exact) mass is 347 g/mol. The Kier molecular flexibility index (Phi) is 3.69. The molecule has 4 aromatic rings. The first-order valence-electron chi connectivity index (χ1n) is 8.07. The van der Waals surface area contributed by atoms with Crippen molar-refractivity contribution in [3.63, 3.8) is 0 Å². The lowest BCUT2D eigenvalue weighted by Crippen LogP contribution is -2.08. The van der Waals surface area contributed by atoms with Gasteiger partial charge in [-0.2, -0.15) is 0 Å². The molecule has 1 aromatic carbocycles. The Labute approximate surface area is 149 Å². The molecule has 0 aliphatic rings. The lowest BCUT2D eigenvalue weighted by atomic mass is 10.1. The van der Waals surface area contributed by atoms with Gasteiger partial charge in [0.25, 0.3) is 0 Å². The number of fused-ring (bicyclic) bond motifs is 3. The van der Waals surface area contributed by atoms with Gasteiger partial charge in [-0.25, -0.2) is 9.78 Å². The zero-order chi connectivity index (χ0) is 18.3. The molecule has 0 aliphatic carbocycles. The van der Waals surface area contributed by atoms with E-state index in [9.17, 15) is 9.90 Å². The molecule has 0 unspecified atom stereocenters. The molecular weight excluding hydrogens is 330 g/mol. The number of nitrogens with one attached hydrogen (secondary N) is 2. The SMILES string of the molecule is CN(C)c1ccc(Nc2nc3ccncc3c3cc(C(=O)O)[nH]c23)cc1. The first-order chi connectivity index (χ1) is 12.5. The van der Waals surface area contributed by atoms with Crippen LogP contribution in [0.1, 0.15) is 10.5 Å². The van der Waals surface area contributed by atoms with E-state index in [1.54, 1.807) is 18.5 Å². The molecule has 0 saturated carbocycles. The summed E-state index contributed by atoms with van der Waals surface area (Å²) >= 11 is 0. The predicted molar refractivity (Wildman–Crippen MR) is 102 cm³/mol. The fourth-order valence-electron chi connectivity index (χ4n) is 2.91. The fourth-order valence-corrected chi connectivity index (χ4v) is 2.91. The number of hydrogen-bond acceptors (Lipinski definition) is 5. The summed E-state index contributed by atoms with van der Waals surface area (Å²) < 4.78 is 0. The topological polar surface area (TPSA) is 94.1 Å². The minimum atomic E-state index is -1.01. The van der Waals surface area contributed by atoms with E-state index in [4.69, 9.17) is 0 Å². The van der Waals surface area contributed by atoms with Crippen molar-refractivity contribution in [3.05, 3.63) is 54.5 Å². The quantitative estimate of drug-likeness (QED) is 0.522. The third-order valence-corrected chi connectivity index (χ3v) is 4.25. The van der Waals surface area contributed by atoms with Crippen molar-refractivity contribution in [1.29, 1.82) is 0 Å². The molecule has 0 fully saturated rings. The lowest BCUT2D eigenvalue weighted by molar-refractivity contribution is 0.0691. The van der Waals surface area contributed by atoms with Gasteiger partial charge in [-0.15, -0.1) is 0 Å². The number of aromatic carboxylic acids is 1. The van der Waals surface area contributed by atoms with Gasteiger partial charge >= 0.3 is 5.97 Å². The van der Waals surface area contributed by atoms with Gasteiger partial charge in [0.05, 0.1) is 11.0 Å². The highest BCUT2D eigenvalue weighted by molar-refractivity contribution is 6.11. The molecule has 0 atom stereocenters. The lowest BCUT2D eigenvalue weighted by Gasteiger charge is -2.13. The normalized spacial score (nSPS) is 11.0. The largest absolute Gasteiger partial charge is 0.477 e. The van der Waals surface area contributed by atoms with Gasteiger partial charge in [-0.1, -0.05) is 0 Å². The molecule has 130 valence electrons. The number of nitrogens with zero attached hydrogens (tertiary/aromatic N) is 3. The van der Waals surface area contributed by atoms with Gasteiger partial charge < -0.3 is 20.3 Å². The number of carboxylic acids is 1. The van der Waals surface area contributed by atoms with Crippen molar-refractivity contribution >= 4 is 45.0 Å². The minimum absolute atomic E-state index is 0.115. The first kappa shape index (κ1) is 15.9. The van der Waals surface area contributed by atoms with E-state index in [1.165, 1.54) is 0 Å². The van der Waals surface area contributed by atoms with Crippen molar-refractivity contribution in [2.45, 2.75) is 0 Å². The van der Waals surface area contributed by atoms with E-state index in [2.05, 4.69) is 20.3 Å². The second-order valence-electron chi connectivity index (χ2n) is 6.20. The predicted octanol–water partition coefficient (Wildman–Crippen LogP) is 3.62. The van der Waals surface area contributed by atoms with Crippen LogP contribution in [0.5, 0.6) is 0 Å². The molecule has 0 spiro atoms. The third-order valence-electron chi connectivity index (χ3n) is 4.25. The second kappa shape index (κ2) is 6.03. The summed E-state index contributed by atoms with van der Waals surface area (Å²) in [6.45, 7) is 0. The summed E-state index contributed by atoms with van der Waals surface area (Å²) in [7, 11) is 3.97. The fraction of sp³-hybridized carbons (Fsp3) is 0.105. The van der Waals surface area contributed by atoms with Crippen LogP contribution in [-0.4, -0.2) is 40.1 Å². The number of H-pyrrole nitrogens is 1. The summed E-state index contributed by atoms with van der Waals surface area (Å²) in [5.74, 6) is -0.441. The highest BCUT2D eigenvalue weighted by Gasteiger charge is 2.15. The molecule has 4 rings (SSSR count). The van der Waals surface area contributed by atoms with E-state index in [0.717, 1.165) is 27.7 Å². The van der Waals surface area contributed by atoms with Gasteiger partial charge in [0, 0.05) is 48.6 Å². The van der Waals surface area contributed by atoms with Crippen LogP contribution in [0.3, 0.4) is 0 Å². The zero-order valence-electron chi connectivity index (χ0n) is 14.3. The van der Waals surface area contributed by atoms with Crippen molar-refractivity contribution in [3.8, 4) is 0 Å². The zero-order valence-corrected chi connectivity index (χ0v) is 14.3. The smallest absolute Gasteiger partial charge is 0.352 e. The number of carboxylic acid groups (broad SMARTS) is 1. The van der Waals surface area contributed by atoms with Crippen LogP contribution >= 0.6 is 0 Å². The highest BCUT2D eigenvalue weighted by atomic mass is 16.4. The van der Waals surface area contributed by atoms with Gasteiger partial charge in [-0.05, 0) is 36.4 Å². The number of aromatic amines is 1. The van der Waals surface area contributed by atoms with Crippen LogP contribution in [-0.2, 0) is 0 Å². The number of hydrogen-bond donors (Lipinski definition) is 3. The summed E-state index contributed by atoms with van der Waals surface area (Å²) in [5, 5.41) is 14.2. The summed E-state index contributed by atoms with van der Waals surface area (Å²) in [5.41, 5.74) is 3.45. The van der Waals surface area contributed by atoms with Crippen LogP contribution in [0, 0.1) is 0 Å². The number of pyridine rings is 2. The van der Waals surface area contributed by atoms with Crippen LogP contribution < -0.4 is 10.2 Å². The van der Waals surface area contributed by atoms with Crippen molar-refractivity contribution in [2.75, 3.05) is 24.3 Å². The standard InChI is InChI=1S/C19H17N5O2/c1-24(2)12-5-3-11(4-6-12)21-18-17-13(9-16(22-17)19(25)26)14-10-20-8-7-15(14)23-18/h3-10,22H,1-2H3,(H,21,23)(H,25,26). The Morgan fingerprint density at radius 3 is 2.62 bits per heavy atom. The van der Waals surface area contributed by atoms with E-state index in [0.29, 0.717) is 11.3 Å². The Bertz CT molecular complexity index is 1120. The molecule has 7 nitrogen and oxygen atoms in total. The van der Waals surface area contributed by atoms with Crippen LogP contribution in [0.2, 0.25) is 0 Å². The number of benzene rings is 1. The molecule has 3 N–H and O–H groups in total. The molecule has 0 saturated heterocycles. The maximum absolute atomic E-state index is 11.4. The molecule has 3 heterocycles. The number of anilines is 3. The van der Waals surface area contributed by atoms with Crippen molar-refractivity contribution < 1.29 is 9.90 Å². The van der Waals surface area contributed by atoms with Gasteiger partial charge in [0.2, 0.25) is 0 Å². The maximum atomic E-state index is 11.4. The molecule has 26 heavy (non-hydrogen) atoms. The van der Waals surface area contributed by atoms with E-state index in [-0.39, 0.29) is 5.69 Å². The summed E-state index contributed by atoms with van der Waals surface area (Å²) in [6, 6.07) is 11.3. The van der Waals surface area contributed by atoms with Gasteiger partial charge in [0.15, 0.2) is 5.82 Å². The first-order valence-corrected chi connectivity index (χ1v) is 8.07. The Morgan fingerprint density at radius 1 is 1.15 bits per heavy atom.